The Hall–Kier alpha value is -2.63. The number of hydrogen-bond donors (Lipinski definition) is 1. The van der Waals surface area contributed by atoms with Crippen LogP contribution >= 0.6 is 22.7 Å². The fraction of sp³-hybridized carbons (Fsp3) is 0.211. The lowest BCUT2D eigenvalue weighted by Crippen LogP contribution is -2.52. The summed E-state index contributed by atoms with van der Waals surface area (Å²) in [6.45, 7) is 0.993. The molecular weight excluding hydrogens is 447 g/mol. The van der Waals surface area contributed by atoms with Crippen LogP contribution in [0.25, 0.3) is 20.4 Å². The lowest BCUT2D eigenvalue weighted by Gasteiger charge is -2.37. The number of aromatic nitrogens is 2. The topological polar surface area (TPSA) is 92.3 Å². The Balaban J connectivity index is 1.27. The first-order valence-corrected chi connectivity index (χ1v) is 12.5. The third kappa shape index (κ3) is 3.42. The van der Waals surface area contributed by atoms with Crippen LogP contribution < -0.4 is 10.2 Å². The molecule has 5 rings (SSSR count). The Morgan fingerprint density at radius 3 is 2.70 bits per heavy atom. The fourth-order valence-electron chi connectivity index (χ4n) is 3.24. The molecule has 2 aromatic heterocycles. The van der Waals surface area contributed by atoms with E-state index in [1.54, 1.807) is 18.2 Å². The van der Waals surface area contributed by atoms with Crippen LogP contribution in [-0.2, 0) is 14.6 Å². The molecule has 11 heteroatoms. The van der Waals surface area contributed by atoms with Crippen LogP contribution in [0.3, 0.4) is 0 Å². The molecule has 1 aliphatic heterocycles. The molecule has 4 aromatic rings. The van der Waals surface area contributed by atoms with Gasteiger partial charge in [0.05, 0.1) is 25.7 Å². The van der Waals surface area contributed by atoms with E-state index in [9.17, 15) is 17.6 Å². The van der Waals surface area contributed by atoms with Crippen molar-refractivity contribution in [3.8, 4) is 0 Å². The number of benzene rings is 2. The number of nitrogens with zero attached hydrogens (tertiary/aromatic N) is 3. The number of rotatable bonds is 4. The van der Waals surface area contributed by atoms with Gasteiger partial charge in [0.25, 0.3) is 0 Å². The lowest BCUT2D eigenvalue weighted by atomic mass is 10.0. The standard InChI is InChI=1S/C19H15FN4O3S3/c1-30(26,27)11-5-6-13-15(7-11)28-18(21-13)23-17(25)10-8-24(9-10)19-22-16-12(20)3-2-4-14(16)29-19/h2-7,10H,8-9H2,1H3,(H,21,23,25). The molecule has 0 aliphatic carbocycles. The van der Waals surface area contributed by atoms with Gasteiger partial charge in [0.15, 0.2) is 20.1 Å². The van der Waals surface area contributed by atoms with Crippen LogP contribution in [0.1, 0.15) is 0 Å². The van der Waals surface area contributed by atoms with Crippen molar-refractivity contribution in [1.29, 1.82) is 0 Å². The number of nitrogens with one attached hydrogen (secondary N) is 1. The smallest absolute Gasteiger partial charge is 0.232 e. The number of hydrogen-bond acceptors (Lipinski definition) is 8. The van der Waals surface area contributed by atoms with E-state index in [4.69, 9.17) is 0 Å². The van der Waals surface area contributed by atoms with Gasteiger partial charge in [0.2, 0.25) is 5.91 Å². The number of para-hydroxylation sites is 1. The first kappa shape index (κ1) is 19.3. The Morgan fingerprint density at radius 2 is 1.97 bits per heavy atom. The van der Waals surface area contributed by atoms with Crippen molar-refractivity contribution in [1.82, 2.24) is 9.97 Å². The maximum absolute atomic E-state index is 13.8. The largest absolute Gasteiger partial charge is 0.346 e. The normalized spacial score (nSPS) is 14.9. The number of amides is 1. The minimum absolute atomic E-state index is 0.152. The van der Waals surface area contributed by atoms with E-state index in [0.717, 1.165) is 11.0 Å². The summed E-state index contributed by atoms with van der Waals surface area (Å²) in [4.78, 5) is 23.4. The third-order valence-electron chi connectivity index (χ3n) is 4.90. The van der Waals surface area contributed by atoms with E-state index in [2.05, 4.69) is 15.3 Å². The maximum Gasteiger partial charge on any atom is 0.232 e. The van der Waals surface area contributed by atoms with Crippen molar-refractivity contribution in [3.63, 3.8) is 0 Å². The summed E-state index contributed by atoms with van der Waals surface area (Å²) in [5.74, 6) is -0.721. The fourth-order valence-corrected chi connectivity index (χ4v) is 5.86. The molecule has 1 N–H and O–H groups in total. The van der Waals surface area contributed by atoms with Crippen LogP contribution in [0, 0.1) is 11.7 Å². The molecule has 3 heterocycles. The molecule has 1 fully saturated rings. The van der Waals surface area contributed by atoms with Crippen molar-refractivity contribution in [2.24, 2.45) is 5.92 Å². The number of fused-ring (bicyclic) bond motifs is 2. The molecule has 0 bridgehead atoms. The van der Waals surface area contributed by atoms with Crippen molar-refractivity contribution in [2.75, 3.05) is 29.6 Å². The third-order valence-corrected chi connectivity index (χ3v) is 8.02. The second-order valence-corrected chi connectivity index (χ2v) is 11.2. The zero-order valence-electron chi connectivity index (χ0n) is 15.6. The Kier molecular flexibility index (Phi) is 4.49. The number of thiazole rings is 2. The van der Waals surface area contributed by atoms with E-state index < -0.39 is 9.84 Å². The number of anilines is 2. The van der Waals surface area contributed by atoms with Gasteiger partial charge in [-0.3, -0.25) is 4.79 Å². The van der Waals surface area contributed by atoms with Crippen LogP contribution in [0.4, 0.5) is 14.7 Å². The van der Waals surface area contributed by atoms with Gasteiger partial charge in [-0.1, -0.05) is 28.7 Å². The Morgan fingerprint density at radius 1 is 1.17 bits per heavy atom. The van der Waals surface area contributed by atoms with E-state index in [0.29, 0.717) is 39.1 Å². The summed E-state index contributed by atoms with van der Waals surface area (Å²) in [6.07, 6.45) is 1.15. The minimum Gasteiger partial charge on any atom is -0.346 e. The molecule has 1 amide bonds. The lowest BCUT2D eigenvalue weighted by molar-refractivity contribution is -0.120. The van der Waals surface area contributed by atoms with Crippen LogP contribution in [-0.4, -0.2) is 43.6 Å². The number of carbonyl (C=O) groups is 1. The Labute approximate surface area is 179 Å². The maximum atomic E-state index is 13.8. The average molecular weight is 463 g/mol. The van der Waals surface area contributed by atoms with E-state index >= 15 is 0 Å². The van der Waals surface area contributed by atoms with Gasteiger partial charge in [-0.15, -0.1) is 0 Å². The van der Waals surface area contributed by atoms with Gasteiger partial charge in [0, 0.05) is 19.3 Å². The van der Waals surface area contributed by atoms with Crippen molar-refractivity contribution >= 4 is 69.1 Å². The molecule has 1 aliphatic rings. The number of carbonyl (C=O) groups excluding carboxylic acids is 1. The highest BCUT2D eigenvalue weighted by Crippen LogP contribution is 2.34. The summed E-state index contributed by atoms with van der Waals surface area (Å²) in [5, 5.41) is 3.95. The summed E-state index contributed by atoms with van der Waals surface area (Å²) in [6, 6.07) is 9.57. The van der Waals surface area contributed by atoms with Crippen LogP contribution in [0.5, 0.6) is 0 Å². The highest BCUT2D eigenvalue weighted by atomic mass is 32.2. The molecule has 30 heavy (non-hydrogen) atoms. The van der Waals surface area contributed by atoms with Crippen LogP contribution in [0.15, 0.2) is 41.3 Å². The predicted molar refractivity (Wildman–Crippen MR) is 117 cm³/mol. The zero-order valence-corrected chi connectivity index (χ0v) is 18.1. The summed E-state index contributed by atoms with van der Waals surface area (Å²) < 4.78 is 38.7. The summed E-state index contributed by atoms with van der Waals surface area (Å²) in [7, 11) is -3.30. The Bertz CT molecular complexity index is 1410. The second-order valence-electron chi connectivity index (χ2n) is 7.09. The van der Waals surface area contributed by atoms with Gasteiger partial charge in [0.1, 0.15) is 11.3 Å². The molecule has 1 saturated heterocycles. The molecule has 0 atom stereocenters. The SMILES string of the molecule is CS(=O)(=O)c1ccc2nc(NC(=O)C3CN(c4nc5c(F)cccc5s4)C3)sc2c1. The molecular formula is C19H15FN4O3S3. The molecule has 0 radical (unpaired) electrons. The molecule has 0 spiro atoms. The van der Waals surface area contributed by atoms with Crippen molar-refractivity contribution < 1.29 is 17.6 Å². The van der Waals surface area contributed by atoms with Gasteiger partial charge < -0.3 is 10.2 Å². The number of sulfone groups is 1. The predicted octanol–water partition coefficient (Wildman–Crippen LogP) is 3.52. The van der Waals surface area contributed by atoms with Gasteiger partial charge in [-0.2, -0.15) is 0 Å². The minimum atomic E-state index is -3.30. The second kappa shape index (κ2) is 6.96. The summed E-state index contributed by atoms with van der Waals surface area (Å²) >= 11 is 2.64. The van der Waals surface area contributed by atoms with E-state index in [1.165, 1.54) is 34.8 Å². The summed E-state index contributed by atoms with van der Waals surface area (Å²) in [5.41, 5.74) is 0.989. The van der Waals surface area contributed by atoms with E-state index in [-0.39, 0.29) is 22.5 Å². The first-order chi connectivity index (χ1) is 14.3. The molecule has 7 nitrogen and oxygen atoms in total. The van der Waals surface area contributed by atoms with Crippen molar-refractivity contribution in [2.45, 2.75) is 4.90 Å². The monoisotopic (exact) mass is 462 g/mol. The zero-order chi connectivity index (χ0) is 21.0. The van der Waals surface area contributed by atoms with E-state index in [1.807, 2.05) is 11.0 Å². The molecule has 154 valence electrons. The van der Waals surface area contributed by atoms with Gasteiger partial charge in [-0.25, -0.2) is 22.8 Å². The van der Waals surface area contributed by atoms with Crippen molar-refractivity contribution in [3.05, 3.63) is 42.2 Å². The highest BCUT2D eigenvalue weighted by Gasteiger charge is 2.35. The highest BCUT2D eigenvalue weighted by molar-refractivity contribution is 7.90. The molecule has 0 saturated carbocycles. The molecule has 2 aromatic carbocycles. The quantitative estimate of drug-likeness (QED) is 0.499. The van der Waals surface area contributed by atoms with Gasteiger partial charge >= 0.3 is 0 Å². The van der Waals surface area contributed by atoms with Crippen LogP contribution in [0.2, 0.25) is 0 Å². The first-order valence-electron chi connectivity index (χ1n) is 8.99. The van der Waals surface area contributed by atoms with Gasteiger partial charge in [-0.05, 0) is 30.3 Å². The molecule has 0 unspecified atom stereocenters. The average Bonchev–Trinajstić information content (AvgIpc) is 3.23. The number of halogens is 1.